The summed E-state index contributed by atoms with van der Waals surface area (Å²) in [5.74, 6) is -0.109. The quantitative estimate of drug-likeness (QED) is 0.510. The van der Waals surface area contributed by atoms with Crippen LogP contribution >= 0.6 is 12.4 Å². The molecule has 156 valence electrons. The highest BCUT2D eigenvalue weighted by Crippen LogP contribution is 2.37. The van der Waals surface area contributed by atoms with Crippen molar-refractivity contribution in [1.82, 2.24) is 4.90 Å². The van der Waals surface area contributed by atoms with Gasteiger partial charge in [0.25, 0.3) is 0 Å². The van der Waals surface area contributed by atoms with E-state index < -0.39 is 5.41 Å². The molecule has 1 aliphatic heterocycles. The van der Waals surface area contributed by atoms with Crippen LogP contribution in [-0.2, 0) is 21.6 Å². The molecule has 0 radical (unpaired) electrons. The summed E-state index contributed by atoms with van der Waals surface area (Å²) in [4.78, 5) is 15.6. The molecular weight excluding hydrogens is 394 g/mol. The maximum absolute atomic E-state index is 13.3. The van der Waals surface area contributed by atoms with Gasteiger partial charge in [-0.3, -0.25) is 4.79 Å². The summed E-state index contributed by atoms with van der Waals surface area (Å²) in [6, 6.07) is 28.7. The zero-order valence-corrected chi connectivity index (χ0v) is 18.1. The molecule has 0 aliphatic carbocycles. The Labute approximate surface area is 185 Å². The second-order valence-electron chi connectivity index (χ2n) is 7.89. The molecular formula is C26H28ClNO2. The molecule has 30 heavy (non-hydrogen) atoms. The number of carbonyl (C=O) groups is 1. The third kappa shape index (κ3) is 4.75. The highest BCUT2D eigenvalue weighted by Gasteiger charge is 2.43. The first-order chi connectivity index (χ1) is 14.2. The number of nitrogens with zero attached hydrogens (tertiary/aromatic N) is 1. The molecule has 0 unspecified atom stereocenters. The van der Waals surface area contributed by atoms with E-state index in [9.17, 15) is 4.79 Å². The molecule has 1 fully saturated rings. The van der Waals surface area contributed by atoms with Gasteiger partial charge in [-0.2, -0.15) is 0 Å². The zero-order chi connectivity index (χ0) is 20.1. The van der Waals surface area contributed by atoms with Gasteiger partial charge in [0, 0.05) is 0 Å². The van der Waals surface area contributed by atoms with E-state index in [1.807, 2.05) is 48.5 Å². The van der Waals surface area contributed by atoms with Gasteiger partial charge >= 0.3 is 5.97 Å². The molecule has 0 bridgehead atoms. The van der Waals surface area contributed by atoms with Crippen LogP contribution in [0.25, 0.3) is 11.1 Å². The van der Waals surface area contributed by atoms with Gasteiger partial charge in [-0.1, -0.05) is 84.9 Å². The van der Waals surface area contributed by atoms with E-state index in [-0.39, 0.29) is 18.4 Å². The monoisotopic (exact) mass is 421 g/mol. The lowest BCUT2D eigenvalue weighted by molar-refractivity contribution is -0.154. The molecule has 4 rings (SSSR count). The second kappa shape index (κ2) is 9.92. The summed E-state index contributed by atoms with van der Waals surface area (Å²) in [5, 5.41) is 0. The Hall–Kier alpha value is -2.62. The van der Waals surface area contributed by atoms with Crippen molar-refractivity contribution in [2.24, 2.45) is 0 Å². The Morgan fingerprint density at radius 1 is 0.833 bits per heavy atom. The van der Waals surface area contributed by atoms with Crippen molar-refractivity contribution in [3.63, 3.8) is 0 Å². The Morgan fingerprint density at radius 2 is 1.37 bits per heavy atom. The Morgan fingerprint density at radius 3 is 1.97 bits per heavy atom. The number of hydrogen-bond acceptors (Lipinski definition) is 3. The van der Waals surface area contributed by atoms with Crippen LogP contribution in [0.2, 0.25) is 0 Å². The van der Waals surface area contributed by atoms with Crippen molar-refractivity contribution in [3.05, 3.63) is 96.1 Å². The molecule has 0 amide bonds. The molecule has 0 spiro atoms. The van der Waals surface area contributed by atoms with Crippen molar-refractivity contribution in [1.29, 1.82) is 0 Å². The molecule has 3 aromatic carbocycles. The number of benzene rings is 3. The molecule has 0 atom stereocenters. The van der Waals surface area contributed by atoms with Crippen LogP contribution in [0, 0.1) is 0 Å². The minimum Gasteiger partial charge on any atom is -0.460 e. The van der Waals surface area contributed by atoms with Crippen molar-refractivity contribution < 1.29 is 9.53 Å². The number of rotatable bonds is 5. The van der Waals surface area contributed by atoms with E-state index in [0.717, 1.165) is 42.6 Å². The average Bonchev–Trinajstić information content (AvgIpc) is 2.79. The fourth-order valence-electron chi connectivity index (χ4n) is 4.08. The van der Waals surface area contributed by atoms with Crippen molar-refractivity contribution in [3.8, 4) is 11.1 Å². The molecule has 0 N–H and O–H groups in total. The molecule has 1 aliphatic rings. The number of piperidine rings is 1. The van der Waals surface area contributed by atoms with Gasteiger partial charge in [-0.15, -0.1) is 12.4 Å². The highest BCUT2D eigenvalue weighted by molar-refractivity contribution is 5.85. The SMILES string of the molecule is CN1CCC(C(=O)OCc2ccccc2)(c2ccc(-c3ccccc3)cc2)CC1.Cl. The predicted molar refractivity (Wildman–Crippen MR) is 124 cm³/mol. The minimum absolute atomic E-state index is 0. The summed E-state index contributed by atoms with van der Waals surface area (Å²) < 4.78 is 5.82. The van der Waals surface area contributed by atoms with Crippen molar-refractivity contribution in [2.75, 3.05) is 20.1 Å². The minimum atomic E-state index is -0.573. The van der Waals surface area contributed by atoms with Crippen molar-refractivity contribution >= 4 is 18.4 Å². The first-order valence-corrected chi connectivity index (χ1v) is 10.2. The van der Waals surface area contributed by atoms with Crippen LogP contribution in [0.15, 0.2) is 84.9 Å². The zero-order valence-electron chi connectivity index (χ0n) is 17.3. The van der Waals surface area contributed by atoms with E-state index in [1.54, 1.807) is 0 Å². The number of esters is 1. The average molecular weight is 422 g/mol. The summed E-state index contributed by atoms with van der Waals surface area (Å²) in [6.07, 6.45) is 1.56. The van der Waals surface area contributed by atoms with Gasteiger partial charge in [-0.05, 0) is 55.2 Å². The molecule has 1 saturated heterocycles. The summed E-state index contributed by atoms with van der Waals surface area (Å²) in [6.45, 7) is 2.10. The van der Waals surface area contributed by atoms with Crippen LogP contribution in [0.5, 0.6) is 0 Å². The van der Waals surface area contributed by atoms with Gasteiger partial charge < -0.3 is 9.64 Å². The van der Waals surface area contributed by atoms with Gasteiger partial charge in [0.05, 0.1) is 5.41 Å². The van der Waals surface area contributed by atoms with Gasteiger partial charge in [0.2, 0.25) is 0 Å². The highest BCUT2D eigenvalue weighted by atomic mass is 35.5. The number of hydrogen-bond donors (Lipinski definition) is 0. The maximum Gasteiger partial charge on any atom is 0.316 e. The van der Waals surface area contributed by atoms with Crippen LogP contribution in [-0.4, -0.2) is 31.0 Å². The Kier molecular flexibility index (Phi) is 7.30. The topological polar surface area (TPSA) is 29.5 Å². The smallest absolute Gasteiger partial charge is 0.316 e. The number of carbonyl (C=O) groups excluding carboxylic acids is 1. The lowest BCUT2D eigenvalue weighted by atomic mass is 9.72. The fourth-order valence-corrected chi connectivity index (χ4v) is 4.08. The van der Waals surface area contributed by atoms with Crippen LogP contribution in [0.1, 0.15) is 24.0 Å². The molecule has 0 aromatic heterocycles. The molecule has 3 aromatic rings. The third-order valence-corrected chi connectivity index (χ3v) is 5.99. The molecule has 3 nitrogen and oxygen atoms in total. The first-order valence-electron chi connectivity index (χ1n) is 10.2. The second-order valence-corrected chi connectivity index (χ2v) is 7.89. The molecule has 0 saturated carbocycles. The number of halogens is 1. The molecule has 1 heterocycles. The third-order valence-electron chi connectivity index (χ3n) is 5.99. The van der Waals surface area contributed by atoms with E-state index in [1.165, 1.54) is 5.56 Å². The summed E-state index contributed by atoms with van der Waals surface area (Å²) >= 11 is 0. The van der Waals surface area contributed by atoms with E-state index in [0.29, 0.717) is 6.61 Å². The predicted octanol–water partition coefficient (Wildman–Crippen LogP) is 5.48. The first kappa shape index (κ1) is 22.1. The van der Waals surface area contributed by atoms with E-state index in [4.69, 9.17) is 4.74 Å². The van der Waals surface area contributed by atoms with Gasteiger partial charge in [0.1, 0.15) is 6.61 Å². The van der Waals surface area contributed by atoms with Crippen molar-refractivity contribution in [2.45, 2.75) is 24.9 Å². The lowest BCUT2D eigenvalue weighted by Gasteiger charge is -2.39. The lowest BCUT2D eigenvalue weighted by Crippen LogP contribution is -2.47. The maximum atomic E-state index is 13.3. The largest absolute Gasteiger partial charge is 0.460 e. The number of likely N-dealkylation sites (tertiary alicyclic amines) is 1. The van der Waals surface area contributed by atoms with Crippen LogP contribution in [0.4, 0.5) is 0 Å². The van der Waals surface area contributed by atoms with Crippen LogP contribution in [0.3, 0.4) is 0 Å². The molecule has 4 heteroatoms. The summed E-state index contributed by atoms with van der Waals surface area (Å²) in [5.41, 5.74) is 3.85. The van der Waals surface area contributed by atoms with Gasteiger partial charge in [0.15, 0.2) is 0 Å². The fraction of sp³-hybridized carbons (Fsp3) is 0.269. The van der Waals surface area contributed by atoms with E-state index in [2.05, 4.69) is 48.3 Å². The van der Waals surface area contributed by atoms with Crippen LogP contribution < -0.4 is 0 Å². The van der Waals surface area contributed by atoms with Gasteiger partial charge in [-0.25, -0.2) is 0 Å². The normalized spacial score (nSPS) is 15.8. The van der Waals surface area contributed by atoms with E-state index >= 15 is 0 Å². The standard InChI is InChI=1S/C26H27NO2.ClH/c1-27-18-16-26(17-19-27,25(28)29-20-21-8-4-2-5-9-21)24-14-12-23(13-15-24)22-10-6-3-7-11-22;/h2-15H,16-20H2,1H3;1H. The Balaban J connectivity index is 0.00000256. The Bertz CT molecular complexity index is 934. The number of ether oxygens (including phenoxy) is 1. The summed E-state index contributed by atoms with van der Waals surface area (Å²) in [7, 11) is 2.11.